The van der Waals surface area contributed by atoms with E-state index in [0.29, 0.717) is 19.4 Å². The molecule has 1 unspecified atom stereocenters. The van der Waals surface area contributed by atoms with E-state index < -0.39 is 5.97 Å². The lowest BCUT2D eigenvalue weighted by Gasteiger charge is -2.36. The Kier molecular flexibility index (Phi) is 6.95. The predicted molar refractivity (Wildman–Crippen MR) is 120 cm³/mol. The molecule has 5 nitrogen and oxygen atoms in total. The molecule has 2 aromatic carbocycles. The predicted octanol–water partition coefficient (Wildman–Crippen LogP) is 4.74. The number of hydrogen-bond acceptors (Lipinski definition) is 4. The van der Waals surface area contributed by atoms with Crippen LogP contribution in [0.25, 0.3) is 0 Å². The third-order valence-corrected chi connectivity index (χ3v) is 5.96. The number of piperidine rings is 1. The number of ether oxygens (including phenoxy) is 1. The fourth-order valence-electron chi connectivity index (χ4n) is 4.16. The molecule has 0 amide bonds. The number of aliphatic carboxylic acids is 1. The molecule has 1 atom stereocenters. The zero-order valence-corrected chi connectivity index (χ0v) is 17.6. The maximum Gasteiger partial charge on any atom is 0.306 e. The molecule has 1 N–H and O–H groups in total. The van der Waals surface area contributed by atoms with Crippen molar-refractivity contribution in [2.45, 2.75) is 31.9 Å². The van der Waals surface area contributed by atoms with E-state index in [9.17, 15) is 9.90 Å². The lowest BCUT2D eigenvalue weighted by atomic mass is 9.92. The van der Waals surface area contributed by atoms with Crippen molar-refractivity contribution in [2.75, 3.05) is 13.1 Å². The lowest BCUT2D eigenvalue weighted by molar-refractivity contribution is -0.143. The van der Waals surface area contributed by atoms with Gasteiger partial charge in [-0.1, -0.05) is 48.5 Å². The van der Waals surface area contributed by atoms with Gasteiger partial charge in [-0.2, -0.15) is 0 Å². The van der Waals surface area contributed by atoms with Gasteiger partial charge in [-0.15, -0.1) is 0 Å². The van der Waals surface area contributed by atoms with E-state index in [0.717, 1.165) is 36.5 Å². The minimum absolute atomic E-state index is 0.160. The summed E-state index contributed by atoms with van der Waals surface area (Å²) in [5.74, 6) is -0.0740. The van der Waals surface area contributed by atoms with E-state index in [1.165, 1.54) is 5.56 Å². The van der Waals surface area contributed by atoms with Crippen molar-refractivity contribution in [1.29, 1.82) is 0 Å². The van der Waals surface area contributed by atoms with Gasteiger partial charge in [0.15, 0.2) is 0 Å². The summed E-state index contributed by atoms with van der Waals surface area (Å²) in [6.07, 6.45) is 3.99. The van der Waals surface area contributed by atoms with Gasteiger partial charge in [-0.25, -0.2) is 0 Å². The molecular formula is C26H28N2O3. The van der Waals surface area contributed by atoms with Crippen LogP contribution >= 0.6 is 0 Å². The summed E-state index contributed by atoms with van der Waals surface area (Å²) < 4.78 is 5.94. The van der Waals surface area contributed by atoms with Crippen molar-refractivity contribution < 1.29 is 14.6 Å². The van der Waals surface area contributed by atoms with Crippen LogP contribution in [0.3, 0.4) is 0 Å². The van der Waals surface area contributed by atoms with Crippen LogP contribution < -0.4 is 4.74 Å². The van der Waals surface area contributed by atoms with Gasteiger partial charge in [-0.3, -0.25) is 14.7 Å². The van der Waals surface area contributed by atoms with Crippen LogP contribution in [0.5, 0.6) is 5.75 Å². The Bertz CT molecular complexity index is 953. The molecule has 31 heavy (non-hydrogen) atoms. The van der Waals surface area contributed by atoms with E-state index in [4.69, 9.17) is 4.74 Å². The number of rotatable bonds is 8. The van der Waals surface area contributed by atoms with Crippen molar-refractivity contribution in [1.82, 2.24) is 9.88 Å². The largest absolute Gasteiger partial charge is 0.489 e. The quantitative estimate of drug-likeness (QED) is 0.575. The van der Waals surface area contributed by atoms with Gasteiger partial charge in [-0.05, 0) is 61.3 Å². The Labute approximate surface area is 183 Å². The first-order chi connectivity index (χ1) is 15.2. The van der Waals surface area contributed by atoms with Gasteiger partial charge >= 0.3 is 5.97 Å². The van der Waals surface area contributed by atoms with E-state index >= 15 is 0 Å². The smallest absolute Gasteiger partial charge is 0.306 e. The number of aromatic nitrogens is 1. The van der Waals surface area contributed by atoms with Crippen LogP contribution in [0, 0.1) is 5.92 Å². The van der Waals surface area contributed by atoms with E-state index in [1.54, 1.807) is 0 Å². The van der Waals surface area contributed by atoms with Gasteiger partial charge in [0.05, 0.1) is 5.92 Å². The Morgan fingerprint density at radius 3 is 2.35 bits per heavy atom. The van der Waals surface area contributed by atoms with Crippen LogP contribution in [0.1, 0.15) is 35.7 Å². The first kappa shape index (κ1) is 21.1. The number of benzene rings is 2. The molecule has 0 saturated carbocycles. The van der Waals surface area contributed by atoms with Crippen LogP contribution in [0.2, 0.25) is 0 Å². The fraction of sp³-hybridized carbons (Fsp3) is 0.308. The highest BCUT2D eigenvalue weighted by molar-refractivity contribution is 5.70. The molecule has 0 spiro atoms. The number of nitrogens with zero attached hydrogens (tertiary/aromatic N) is 2. The minimum atomic E-state index is -0.680. The van der Waals surface area contributed by atoms with Gasteiger partial charge < -0.3 is 9.84 Å². The molecule has 1 aromatic heterocycles. The Morgan fingerprint density at radius 2 is 1.71 bits per heavy atom. The summed E-state index contributed by atoms with van der Waals surface area (Å²) in [5.41, 5.74) is 3.38. The zero-order valence-electron chi connectivity index (χ0n) is 17.6. The third-order valence-electron chi connectivity index (χ3n) is 5.96. The SMILES string of the molecule is O=C(O)C1CCN(C(Cc2ccccn2)c2ccc(OCc3ccccc3)cc2)CC1. The molecule has 160 valence electrons. The maximum absolute atomic E-state index is 11.4. The van der Waals surface area contributed by atoms with Crippen LogP contribution in [0.4, 0.5) is 0 Å². The first-order valence-electron chi connectivity index (χ1n) is 10.8. The molecule has 1 aliphatic heterocycles. The number of carbonyl (C=O) groups is 1. The summed E-state index contributed by atoms with van der Waals surface area (Å²) in [7, 11) is 0. The van der Waals surface area contributed by atoms with Crippen LogP contribution in [-0.2, 0) is 17.8 Å². The highest BCUT2D eigenvalue weighted by Crippen LogP contribution is 2.30. The second-order valence-electron chi connectivity index (χ2n) is 8.03. The average molecular weight is 417 g/mol. The molecule has 4 rings (SSSR count). The highest BCUT2D eigenvalue weighted by atomic mass is 16.5. The van der Waals surface area contributed by atoms with Crippen molar-refractivity contribution >= 4 is 5.97 Å². The van der Waals surface area contributed by atoms with Gasteiger partial charge in [0.25, 0.3) is 0 Å². The topological polar surface area (TPSA) is 62.7 Å². The monoisotopic (exact) mass is 416 g/mol. The standard InChI is InChI=1S/C26H28N2O3/c29-26(30)22-13-16-28(17-14-22)25(18-23-8-4-5-15-27-23)21-9-11-24(12-10-21)31-19-20-6-2-1-3-7-20/h1-12,15,22,25H,13-14,16-19H2,(H,29,30). The van der Waals surface area contributed by atoms with Gasteiger partial charge in [0.2, 0.25) is 0 Å². The molecule has 1 fully saturated rings. The average Bonchev–Trinajstić information content (AvgIpc) is 2.83. The second kappa shape index (κ2) is 10.2. The van der Waals surface area contributed by atoms with Crippen molar-refractivity contribution in [2.24, 2.45) is 5.92 Å². The minimum Gasteiger partial charge on any atom is -0.489 e. The first-order valence-corrected chi connectivity index (χ1v) is 10.8. The molecule has 2 heterocycles. The molecule has 1 saturated heterocycles. The van der Waals surface area contributed by atoms with E-state index in [-0.39, 0.29) is 12.0 Å². The van der Waals surface area contributed by atoms with Gasteiger partial charge in [0, 0.05) is 24.4 Å². The summed E-state index contributed by atoms with van der Waals surface area (Å²) in [6, 6.07) is 24.6. The van der Waals surface area contributed by atoms with E-state index in [1.807, 2.05) is 54.7 Å². The molecule has 0 aliphatic carbocycles. The molecule has 1 aliphatic rings. The summed E-state index contributed by atoms with van der Waals surface area (Å²) in [5, 5.41) is 9.34. The second-order valence-corrected chi connectivity index (χ2v) is 8.03. The third kappa shape index (κ3) is 5.70. The molecule has 5 heteroatoms. The number of likely N-dealkylation sites (tertiary alicyclic amines) is 1. The lowest BCUT2D eigenvalue weighted by Crippen LogP contribution is -2.39. The number of carboxylic acid groups (broad SMARTS) is 1. The Balaban J connectivity index is 1.47. The zero-order chi connectivity index (χ0) is 21.5. The van der Waals surface area contributed by atoms with Crippen LogP contribution in [0.15, 0.2) is 79.0 Å². The maximum atomic E-state index is 11.4. The van der Waals surface area contributed by atoms with Gasteiger partial charge in [0.1, 0.15) is 12.4 Å². The van der Waals surface area contributed by atoms with Crippen LogP contribution in [-0.4, -0.2) is 34.0 Å². The number of hydrogen-bond donors (Lipinski definition) is 1. The van der Waals surface area contributed by atoms with Crippen molar-refractivity contribution in [3.05, 3.63) is 95.8 Å². The summed E-state index contributed by atoms with van der Waals surface area (Å²) in [6.45, 7) is 2.10. The van der Waals surface area contributed by atoms with Crippen molar-refractivity contribution in [3.8, 4) is 5.75 Å². The van der Waals surface area contributed by atoms with E-state index in [2.05, 4.69) is 34.1 Å². The summed E-state index contributed by atoms with van der Waals surface area (Å²) in [4.78, 5) is 18.3. The normalized spacial score (nSPS) is 16.0. The number of carboxylic acids is 1. The molecular weight excluding hydrogens is 388 g/mol. The highest BCUT2D eigenvalue weighted by Gasteiger charge is 2.29. The molecule has 0 radical (unpaired) electrons. The Morgan fingerprint density at radius 1 is 1.00 bits per heavy atom. The van der Waals surface area contributed by atoms with Crippen molar-refractivity contribution in [3.63, 3.8) is 0 Å². The summed E-state index contributed by atoms with van der Waals surface area (Å²) >= 11 is 0. The fourth-order valence-corrected chi connectivity index (χ4v) is 4.16. The molecule has 3 aromatic rings. The number of pyridine rings is 1. The Hall–Kier alpha value is -3.18. The molecule has 0 bridgehead atoms.